The molecule has 28 heavy (non-hydrogen) atoms. The Morgan fingerprint density at radius 3 is 2.82 bits per heavy atom. The molecule has 1 aromatic carbocycles. The summed E-state index contributed by atoms with van der Waals surface area (Å²) in [4.78, 5) is 39.7. The third-order valence-corrected chi connectivity index (χ3v) is 5.66. The Morgan fingerprint density at radius 2 is 2.07 bits per heavy atom. The van der Waals surface area contributed by atoms with Gasteiger partial charge < -0.3 is 20.1 Å². The summed E-state index contributed by atoms with van der Waals surface area (Å²) < 4.78 is 2.47. The minimum Gasteiger partial charge on any atom is -0.384 e. The predicted molar refractivity (Wildman–Crippen MR) is 107 cm³/mol. The third kappa shape index (κ3) is 3.24. The van der Waals surface area contributed by atoms with Crippen LogP contribution >= 0.6 is 0 Å². The van der Waals surface area contributed by atoms with E-state index in [0.717, 1.165) is 41.7 Å². The molecule has 1 aromatic heterocycles. The number of nitrogens with zero attached hydrogens (tertiary/aromatic N) is 3. The summed E-state index contributed by atoms with van der Waals surface area (Å²) in [5, 5.41) is 6.59. The Labute approximate surface area is 162 Å². The molecule has 3 heterocycles. The minimum absolute atomic E-state index is 0.0146. The van der Waals surface area contributed by atoms with Crippen molar-refractivity contribution < 1.29 is 4.79 Å². The van der Waals surface area contributed by atoms with Crippen LogP contribution in [-0.2, 0) is 27.1 Å². The zero-order valence-electron chi connectivity index (χ0n) is 16.2. The number of anilines is 1. The van der Waals surface area contributed by atoms with Crippen LogP contribution in [0, 0.1) is 0 Å². The number of nitrogens with one attached hydrogen (secondary N) is 2. The van der Waals surface area contributed by atoms with Crippen LogP contribution in [0.15, 0.2) is 34.0 Å². The van der Waals surface area contributed by atoms with E-state index in [9.17, 15) is 14.4 Å². The Kier molecular flexibility index (Phi) is 4.80. The number of amides is 1. The van der Waals surface area contributed by atoms with E-state index in [0.29, 0.717) is 17.7 Å². The van der Waals surface area contributed by atoms with E-state index in [4.69, 9.17) is 0 Å². The van der Waals surface area contributed by atoms with E-state index in [1.165, 1.54) is 11.6 Å². The highest BCUT2D eigenvalue weighted by Crippen LogP contribution is 2.25. The van der Waals surface area contributed by atoms with E-state index < -0.39 is 0 Å². The van der Waals surface area contributed by atoms with E-state index >= 15 is 0 Å². The Balaban J connectivity index is 1.69. The average Bonchev–Trinajstić information content (AvgIpc) is 3.38. The normalized spacial score (nSPS) is 18.0. The molecule has 8 nitrogen and oxygen atoms in total. The Bertz CT molecular complexity index is 1030. The van der Waals surface area contributed by atoms with Gasteiger partial charge in [0, 0.05) is 50.7 Å². The van der Waals surface area contributed by atoms with Crippen LogP contribution in [0.2, 0.25) is 0 Å². The third-order valence-electron chi connectivity index (χ3n) is 5.66. The largest absolute Gasteiger partial charge is 0.384 e. The molecular weight excluding hydrogens is 358 g/mol. The average molecular weight is 383 g/mol. The number of carbonyl (C=O) groups excluding carboxylic acids is 1. The summed E-state index contributed by atoms with van der Waals surface area (Å²) in [6.45, 7) is 2.61. The molecule has 2 aliphatic heterocycles. The first-order valence-electron chi connectivity index (χ1n) is 9.59. The molecule has 1 saturated heterocycles. The fourth-order valence-corrected chi connectivity index (χ4v) is 4.05. The van der Waals surface area contributed by atoms with Crippen molar-refractivity contribution in [3.05, 3.63) is 61.9 Å². The maximum atomic E-state index is 13.4. The summed E-state index contributed by atoms with van der Waals surface area (Å²) in [5.74, 6) is -0.0840. The van der Waals surface area contributed by atoms with Gasteiger partial charge in [0.25, 0.3) is 11.5 Å². The van der Waals surface area contributed by atoms with Crippen molar-refractivity contribution in [2.45, 2.75) is 25.4 Å². The SMILES string of the molecule is Cn1cc(CN(C(=O)c2ccc3c(c2)CCN3)C2CCNC2)c(=O)n(C)c1=O. The van der Waals surface area contributed by atoms with Gasteiger partial charge in [-0.2, -0.15) is 0 Å². The molecule has 4 rings (SSSR count). The van der Waals surface area contributed by atoms with Crippen LogP contribution in [0.3, 0.4) is 0 Å². The summed E-state index contributed by atoms with van der Waals surface area (Å²) >= 11 is 0. The lowest BCUT2D eigenvalue weighted by atomic mass is 10.1. The van der Waals surface area contributed by atoms with Crippen LogP contribution in [0.25, 0.3) is 0 Å². The fourth-order valence-electron chi connectivity index (χ4n) is 4.05. The van der Waals surface area contributed by atoms with Crippen LogP contribution in [0.1, 0.15) is 27.9 Å². The molecule has 8 heteroatoms. The topological polar surface area (TPSA) is 88.4 Å². The van der Waals surface area contributed by atoms with Crippen LogP contribution in [0.5, 0.6) is 0 Å². The number of aryl methyl sites for hydroxylation is 1. The van der Waals surface area contributed by atoms with Gasteiger partial charge in [-0.05, 0) is 43.1 Å². The summed E-state index contributed by atoms with van der Waals surface area (Å²) in [7, 11) is 3.08. The molecular formula is C20H25N5O3. The van der Waals surface area contributed by atoms with Crippen molar-refractivity contribution in [1.82, 2.24) is 19.4 Å². The Hall–Kier alpha value is -2.87. The smallest absolute Gasteiger partial charge is 0.330 e. The van der Waals surface area contributed by atoms with E-state index in [1.807, 2.05) is 18.2 Å². The van der Waals surface area contributed by atoms with Gasteiger partial charge >= 0.3 is 5.69 Å². The molecule has 0 radical (unpaired) electrons. The van der Waals surface area contributed by atoms with E-state index in [1.54, 1.807) is 18.1 Å². The number of rotatable bonds is 4. The first-order chi connectivity index (χ1) is 13.5. The van der Waals surface area contributed by atoms with Gasteiger partial charge in [-0.3, -0.25) is 14.2 Å². The monoisotopic (exact) mass is 383 g/mol. The van der Waals surface area contributed by atoms with Gasteiger partial charge in [0.15, 0.2) is 0 Å². The van der Waals surface area contributed by atoms with Crippen LogP contribution in [-0.4, -0.2) is 45.6 Å². The summed E-state index contributed by atoms with van der Waals surface area (Å²) in [6, 6.07) is 5.76. The van der Waals surface area contributed by atoms with Crippen LogP contribution < -0.4 is 21.9 Å². The number of carbonyl (C=O) groups is 1. The molecule has 0 bridgehead atoms. The summed E-state index contributed by atoms with van der Waals surface area (Å²) in [6.07, 6.45) is 3.28. The number of hydrogen-bond donors (Lipinski definition) is 2. The lowest BCUT2D eigenvalue weighted by Crippen LogP contribution is -2.45. The molecule has 148 valence electrons. The summed E-state index contributed by atoms with van der Waals surface area (Å²) in [5.41, 5.74) is 2.57. The lowest BCUT2D eigenvalue weighted by molar-refractivity contribution is 0.0674. The highest BCUT2D eigenvalue weighted by atomic mass is 16.2. The second-order valence-corrected chi connectivity index (χ2v) is 7.54. The first kappa shape index (κ1) is 18.5. The molecule has 1 fully saturated rings. The van der Waals surface area contributed by atoms with E-state index in [-0.39, 0.29) is 29.7 Å². The standard InChI is InChI=1S/C20H25N5O3/c1-23-11-15(18(26)24(2)20(23)28)12-25(16-6-7-21-10-16)19(27)14-3-4-17-13(9-14)5-8-22-17/h3-4,9,11,16,21-22H,5-8,10,12H2,1-2H3. The number of aromatic nitrogens is 2. The van der Waals surface area contributed by atoms with Crippen molar-refractivity contribution >= 4 is 11.6 Å². The van der Waals surface area contributed by atoms with Crippen molar-refractivity contribution in [3.8, 4) is 0 Å². The Morgan fingerprint density at radius 1 is 1.25 bits per heavy atom. The molecule has 2 aliphatic rings. The van der Waals surface area contributed by atoms with Gasteiger partial charge in [0.05, 0.1) is 12.1 Å². The molecule has 2 aromatic rings. The fraction of sp³-hybridized carbons (Fsp3) is 0.450. The van der Waals surface area contributed by atoms with Crippen molar-refractivity contribution in [2.75, 3.05) is 25.0 Å². The van der Waals surface area contributed by atoms with Crippen molar-refractivity contribution in [3.63, 3.8) is 0 Å². The zero-order chi connectivity index (χ0) is 19.8. The molecule has 0 aliphatic carbocycles. The molecule has 1 unspecified atom stereocenters. The predicted octanol–water partition coefficient (Wildman–Crippen LogP) is 0.0563. The van der Waals surface area contributed by atoms with Gasteiger partial charge in [0.2, 0.25) is 0 Å². The molecule has 1 amide bonds. The lowest BCUT2D eigenvalue weighted by Gasteiger charge is -2.29. The number of fused-ring (bicyclic) bond motifs is 1. The molecule has 0 spiro atoms. The van der Waals surface area contributed by atoms with Gasteiger partial charge in [-0.15, -0.1) is 0 Å². The number of benzene rings is 1. The van der Waals surface area contributed by atoms with E-state index in [2.05, 4.69) is 10.6 Å². The van der Waals surface area contributed by atoms with Gasteiger partial charge in [0.1, 0.15) is 0 Å². The van der Waals surface area contributed by atoms with Gasteiger partial charge in [-0.25, -0.2) is 4.79 Å². The molecule has 0 saturated carbocycles. The second-order valence-electron chi connectivity index (χ2n) is 7.54. The molecule has 1 atom stereocenters. The first-order valence-corrected chi connectivity index (χ1v) is 9.59. The molecule has 2 N–H and O–H groups in total. The maximum Gasteiger partial charge on any atom is 0.330 e. The highest BCUT2D eigenvalue weighted by molar-refractivity contribution is 5.95. The van der Waals surface area contributed by atoms with Crippen molar-refractivity contribution in [1.29, 1.82) is 0 Å². The van der Waals surface area contributed by atoms with Crippen molar-refractivity contribution in [2.24, 2.45) is 14.1 Å². The number of hydrogen-bond acceptors (Lipinski definition) is 5. The van der Waals surface area contributed by atoms with Gasteiger partial charge in [-0.1, -0.05) is 0 Å². The van der Waals surface area contributed by atoms with Crippen LogP contribution in [0.4, 0.5) is 5.69 Å². The minimum atomic E-state index is -0.375. The second kappa shape index (κ2) is 7.27. The highest BCUT2D eigenvalue weighted by Gasteiger charge is 2.29. The zero-order valence-corrected chi connectivity index (χ0v) is 16.2. The maximum absolute atomic E-state index is 13.4. The quantitative estimate of drug-likeness (QED) is 0.779.